The van der Waals surface area contributed by atoms with Crippen molar-refractivity contribution in [2.45, 2.75) is 39.7 Å². The van der Waals surface area contributed by atoms with Gasteiger partial charge in [-0.3, -0.25) is 0 Å². The summed E-state index contributed by atoms with van der Waals surface area (Å²) in [7, 11) is 0. The predicted molar refractivity (Wildman–Crippen MR) is 72.8 cm³/mol. The fourth-order valence-corrected chi connectivity index (χ4v) is 2.29. The molecule has 0 radical (unpaired) electrons. The van der Waals surface area contributed by atoms with E-state index in [1.807, 2.05) is 6.92 Å². The largest absolute Gasteiger partial charge is 0.369 e. The van der Waals surface area contributed by atoms with Gasteiger partial charge in [0.1, 0.15) is 5.52 Å². The Kier molecular flexibility index (Phi) is 3.73. The second-order valence-corrected chi connectivity index (χ2v) is 5.39. The lowest BCUT2D eigenvalue weighted by Gasteiger charge is -2.17. The molecule has 2 N–H and O–H groups in total. The third-order valence-corrected chi connectivity index (χ3v) is 3.37. The molecule has 2 rings (SSSR count). The average molecular weight is 267 g/mol. The topological polar surface area (TPSA) is 43.8 Å². The van der Waals surface area contributed by atoms with E-state index in [-0.39, 0.29) is 17.5 Å². The highest BCUT2D eigenvalue weighted by atomic mass is 19.2. The van der Waals surface area contributed by atoms with Gasteiger partial charge in [-0.2, -0.15) is 0 Å². The number of halogens is 2. The molecule has 19 heavy (non-hydrogen) atoms. The number of aromatic nitrogens is 2. The van der Waals surface area contributed by atoms with Gasteiger partial charge in [0.25, 0.3) is 0 Å². The fourth-order valence-electron chi connectivity index (χ4n) is 2.29. The highest BCUT2D eigenvalue weighted by molar-refractivity contribution is 5.79. The maximum absolute atomic E-state index is 13.9. The van der Waals surface area contributed by atoms with Gasteiger partial charge in [-0.15, -0.1) is 0 Å². The van der Waals surface area contributed by atoms with Gasteiger partial charge in [0.2, 0.25) is 5.95 Å². The Balaban J connectivity index is 2.47. The van der Waals surface area contributed by atoms with Crippen molar-refractivity contribution < 1.29 is 8.78 Å². The van der Waals surface area contributed by atoms with E-state index in [2.05, 4.69) is 18.8 Å². The van der Waals surface area contributed by atoms with Crippen LogP contribution in [0.1, 0.15) is 39.7 Å². The van der Waals surface area contributed by atoms with Crippen molar-refractivity contribution in [3.63, 3.8) is 0 Å². The van der Waals surface area contributed by atoms with Crippen molar-refractivity contribution in [2.24, 2.45) is 5.92 Å². The molecule has 1 unspecified atom stereocenters. The van der Waals surface area contributed by atoms with Crippen LogP contribution in [0.15, 0.2) is 12.1 Å². The minimum absolute atomic E-state index is 0.0105. The molecule has 2 aromatic rings. The zero-order valence-corrected chi connectivity index (χ0v) is 11.5. The van der Waals surface area contributed by atoms with E-state index in [0.717, 1.165) is 18.9 Å². The molecule has 0 aliphatic carbocycles. The quantitative estimate of drug-likeness (QED) is 0.913. The van der Waals surface area contributed by atoms with E-state index in [1.165, 1.54) is 6.07 Å². The lowest BCUT2D eigenvalue weighted by Crippen LogP contribution is -2.10. The lowest BCUT2D eigenvalue weighted by molar-refractivity contribution is 0.443. The van der Waals surface area contributed by atoms with Gasteiger partial charge in [-0.25, -0.2) is 13.8 Å². The normalized spacial score (nSPS) is 13.4. The molecule has 1 atom stereocenters. The number of fused-ring (bicyclic) bond motifs is 1. The number of anilines is 1. The molecular formula is C14H19F2N3. The van der Waals surface area contributed by atoms with Crippen molar-refractivity contribution in [1.29, 1.82) is 0 Å². The molecule has 0 saturated heterocycles. The fraction of sp³-hybridized carbons (Fsp3) is 0.500. The smallest absolute Gasteiger partial charge is 0.201 e. The highest BCUT2D eigenvalue weighted by Gasteiger charge is 2.19. The molecule has 0 fully saturated rings. The van der Waals surface area contributed by atoms with Gasteiger partial charge >= 0.3 is 0 Å². The summed E-state index contributed by atoms with van der Waals surface area (Å²) in [4.78, 5) is 4.10. The molecule has 1 aromatic heterocycles. The van der Waals surface area contributed by atoms with Gasteiger partial charge < -0.3 is 10.3 Å². The van der Waals surface area contributed by atoms with E-state index in [9.17, 15) is 8.78 Å². The summed E-state index contributed by atoms with van der Waals surface area (Å²) in [6, 6.07) is 2.52. The van der Waals surface area contributed by atoms with Crippen LogP contribution in [0.25, 0.3) is 11.0 Å². The lowest BCUT2D eigenvalue weighted by atomic mass is 10.0. The Morgan fingerprint density at radius 3 is 2.53 bits per heavy atom. The van der Waals surface area contributed by atoms with Crippen LogP contribution in [0.2, 0.25) is 0 Å². The summed E-state index contributed by atoms with van der Waals surface area (Å²) >= 11 is 0. The van der Waals surface area contributed by atoms with E-state index in [0.29, 0.717) is 11.4 Å². The van der Waals surface area contributed by atoms with Crippen molar-refractivity contribution in [3.05, 3.63) is 23.8 Å². The molecule has 1 aromatic carbocycles. The molecule has 5 heteroatoms. The molecule has 3 nitrogen and oxygen atoms in total. The summed E-state index contributed by atoms with van der Waals surface area (Å²) in [5, 5.41) is 0. The van der Waals surface area contributed by atoms with E-state index >= 15 is 0 Å². The monoisotopic (exact) mass is 267 g/mol. The summed E-state index contributed by atoms with van der Waals surface area (Å²) in [5.74, 6) is -0.960. The Bertz CT molecular complexity index is 590. The van der Waals surface area contributed by atoms with Crippen molar-refractivity contribution in [2.75, 3.05) is 5.73 Å². The summed E-state index contributed by atoms with van der Waals surface area (Å²) in [6.45, 7) is 6.20. The maximum atomic E-state index is 13.9. The minimum atomic E-state index is -0.877. The van der Waals surface area contributed by atoms with E-state index < -0.39 is 11.6 Å². The van der Waals surface area contributed by atoms with E-state index in [1.54, 1.807) is 4.57 Å². The Morgan fingerprint density at radius 2 is 1.89 bits per heavy atom. The van der Waals surface area contributed by atoms with Crippen LogP contribution < -0.4 is 5.73 Å². The van der Waals surface area contributed by atoms with Crippen LogP contribution in [0.4, 0.5) is 14.7 Å². The van der Waals surface area contributed by atoms with Crippen LogP contribution in [-0.2, 0) is 0 Å². The second kappa shape index (κ2) is 5.15. The SMILES string of the molecule is CC(C)CCC(C)n1c(N)nc2ccc(F)c(F)c21. The Hall–Kier alpha value is -1.65. The average Bonchev–Trinajstić information content (AvgIpc) is 2.68. The Morgan fingerprint density at radius 1 is 1.21 bits per heavy atom. The molecule has 104 valence electrons. The van der Waals surface area contributed by atoms with Crippen LogP contribution in [-0.4, -0.2) is 9.55 Å². The first-order valence-corrected chi connectivity index (χ1v) is 6.53. The van der Waals surface area contributed by atoms with Crippen molar-refractivity contribution >= 4 is 17.0 Å². The third kappa shape index (κ3) is 2.55. The molecule has 0 aliphatic heterocycles. The first-order chi connectivity index (χ1) is 8.91. The molecule has 0 bridgehead atoms. The Labute approximate surface area is 111 Å². The first kappa shape index (κ1) is 13.8. The molecule has 1 heterocycles. The van der Waals surface area contributed by atoms with Gasteiger partial charge in [0.05, 0.1) is 5.52 Å². The van der Waals surface area contributed by atoms with Crippen LogP contribution in [0.5, 0.6) is 0 Å². The van der Waals surface area contributed by atoms with Crippen molar-refractivity contribution in [3.8, 4) is 0 Å². The number of benzene rings is 1. The second-order valence-electron chi connectivity index (χ2n) is 5.39. The number of hydrogen-bond acceptors (Lipinski definition) is 2. The standard InChI is InChI=1S/C14H19F2N3/c1-8(2)4-5-9(3)19-13-11(18-14(19)17)7-6-10(15)12(13)16/h6-9H,4-5H2,1-3H3,(H2,17,18). The number of nitrogens with two attached hydrogens (primary N) is 1. The summed E-state index contributed by atoms with van der Waals surface area (Å²) in [6.07, 6.45) is 1.85. The van der Waals surface area contributed by atoms with E-state index in [4.69, 9.17) is 5.73 Å². The van der Waals surface area contributed by atoms with Crippen LogP contribution >= 0.6 is 0 Å². The van der Waals surface area contributed by atoms with Gasteiger partial charge in [-0.1, -0.05) is 13.8 Å². The summed E-state index contributed by atoms with van der Waals surface area (Å²) < 4.78 is 28.9. The zero-order valence-electron chi connectivity index (χ0n) is 11.5. The van der Waals surface area contributed by atoms with Gasteiger partial charge in [0, 0.05) is 6.04 Å². The van der Waals surface area contributed by atoms with Gasteiger partial charge in [0.15, 0.2) is 11.6 Å². The molecule has 0 spiro atoms. The highest BCUT2D eigenvalue weighted by Crippen LogP contribution is 2.29. The molecule has 0 amide bonds. The number of rotatable bonds is 4. The van der Waals surface area contributed by atoms with Crippen molar-refractivity contribution in [1.82, 2.24) is 9.55 Å². The maximum Gasteiger partial charge on any atom is 0.201 e. The molecule has 0 aliphatic rings. The van der Waals surface area contributed by atoms with Gasteiger partial charge in [-0.05, 0) is 37.8 Å². The zero-order chi connectivity index (χ0) is 14.2. The first-order valence-electron chi connectivity index (χ1n) is 6.53. The van der Waals surface area contributed by atoms with Crippen LogP contribution in [0, 0.1) is 17.6 Å². The predicted octanol–water partition coefficient (Wildman–Crippen LogP) is 3.89. The number of imidazole rings is 1. The minimum Gasteiger partial charge on any atom is -0.369 e. The molecular weight excluding hydrogens is 248 g/mol. The van der Waals surface area contributed by atoms with Crippen LogP contribution in [0.3, 0.4) is 0 Å². The number of nitrogens with zero attached hydrogens (tertiary/aromatic N) is 2. The third-order valence-electron chi connectivity index (χ3n) is 3.37. The number of hydrogen-bond donors (Lipinski definition) is 1. The summed E-state index contributed by atoms with van der Waals surface area (Å²) in [5.41, 5.74) is 6.40. The number of nitrogen functional groups attached to an aromatic ring is 1. The molecule has 0 saturated carbocycles.